The number of nitrogen functional groups attached to an aromatic ring is 1. The van der Waals surface area contributed by atoms with E-state index in [0.717, 1.165) is 5.56 Å². The predicted octanol–water partition coefficient (Wildman–Crippen LogP) is 1.65. The molecule has 98 valence electrons. The van der Waals surface area contributed by atoms with Crippen LogP contribution in [-0.2, 0) is 10.2 Å². The summed E-state index contributed by atoms with van der Waals surface area (Å²) in [7, 11) is 1.64. The van der Waals surface area contributed by atoms with Crippen molar-refractivity contribution in [1.29, 1.82) is 0 Å². The normalized spacial score (nSPS) is 17.7. The number of anilines is 1. The van der Waals surface area contributed by atoms with Gasteiger partial charge in [0.1, 0.15) is 0 Å². The summed E-state index contributed by atoms with van der Waals surface area (Å²) in [6.07, 6.45) is 0. The van der Waals surface area contributed by atoms with Gasteiger partial charge < -0.3 is 15.4 Å². The third-order valence-electron chi connectivity index (χ3n) is 3.48. The van der Waals surface area contributed by atoms with Crippen LogP contribution in [0.2, 0.25) is 0 Å². The largest absolute Gasteiger partial charge is 0.398 e. The molecule has 1 amide bonds. The molecule has 0 saturated heterocycles. The fraction of sp³-hybridized carbons (Fsp3) is 0.500. The Kier molecular flexibility index (Phi) is 3.30. The molecule has 0 fully saturated rings. The third-order valence-corrected chi connectivity index (χ3v) is 3.48. The van der Waals surface area contributed by atoms with E-state index in [1.165, 1.54) is 0 Å². The molecule has 0 unspecified atom stereocenters. The molecule has 0 radical (unpaired) electrons. The lowest BCUT2D eigenvalue weighted by atomic mass is 9.77. The minimum Gasteiger partial charge on any atom is -0.398 e. The second-order valence-electron chi connectivity index (χ2n) is 5.37. The van der Waals surface area contributed by atoms with Crippen molar-refractivity contribution in [3.8, 4) is 0 Å². The molecule has 18 heavy (non-hydrogen) atoms. The molecule has 0 aliphatic carbocycles. The molecule has 0 atom stereocenters. The maximum Gasteiger partial charge on any atom is 0.256 e. The van der Waals surface area contributed by atoms with Gasteiger partial charge in [-0.2, -0.15) is 0 Å². The van der Waals surface area contributed by atoms with E-state index in [9.17, 15) is 4.79 Å². The molecular formula is C14H20N2O2. The van der Waals surface area contributed by atoms with Gasteiger partial charge >= 0.3 is 0 Å². The summed E-state index contributed by atoms with van der Waals surface area (Å²) in [5.74, 6) is 0.0134. The van der Waals surface area contributed by atoms with Crippen molar-refractivity contribution in [2.45, 2.75) is 19.3 Å². The zero-order chi connectivity index (χ0) is 13.3. The number of ether oxygens (including phenoxy) is 1. The van der Waals surface area contributed by atoms with Gasteiger partial charge in [-0.25, -0.2) is 0 Å². The zero-order valence-corrected chi connectivity index (χ0v) is 11.2. The zero-order valence-electron chi connectivity index (χ0n) is 11.2. The first-order chi connectivity index (χ1) is 8.47. The maximum atomic E-state index is 12.4. The van der Waals surface area contributed by atoms with E-state index in [1.54, 1.807) is 13.2 Å². The minimum atomic E-state index is -0.0770. The average Bonchev–Trinajstić information content (AvgIpc) is 2.32. The molecule has 1 heterocycles. The Morgan fingerprint density at radius 2 is 2.17 bits per heavy atom. The lowest BCUT2D eigenvalue weighted by Gasteiger charge is -2.39. The number of methoxy groups -OCH3 is 1. The molecular weight excluding hydrogens is 228 g/mol. The summed E-state index contributed by atoms with van der Waals surface area (Å²) in [4.78, 5) is 14.2. The summed E-state index contributed by atoms with van der Waals surface area (Å²) in [6, 6.07) is 5.69. The molecule has 2 rings (SSSR count). The lowest BCUT2D eigenvalue weighted by molar-refractivity contribution is 0.0621. The smallest absolute Gasteiger partial charge is 0.256 e. The Bertz CT molecular complexity index is 469. The van der Waals surface area contributed by atoms with Crippen LogP contribution in [-0.4, -0.2) is 37.6 Å². The van der Waals surface area contributed by atoms with Gasteiger partial charge in [-0.05, 0) is 11.6 Å². The SMILES string of the molecule is COCCN1CC(C)(C)c2cccc(N)c2C1=O. The number of hydrogen-bond donors (Lipinski definition) is 1. The summed E-state index contributed by atoms with van der Waals surface area (Å²) < 4.78 is 5.05. The van der Waals surface area contributed by atoms with E-state index in [4.69, 9.17) is 10.5 Å². The first-order valence-electron chi connectivity index (χ1n) is 6.14. The highest BCUT2D eigenvalue weighted by molar-refractivity contribution is 6.02. The number of rotatable bonds is 3. The maximum absolute atomic E-state index is 12.4. The average molecular weight is 248 g/mol. The highest BCUT2D eigenvalue weighted by Crippen LogP contribution is 2.35. The molecule has 0 bridgehead atoms. The summed E-state index contributed by atoms with van der Waals surface area (Å²) in [6.45, 7) is 6.12. The van der Waals surface area contributed by atoms with Crippen LogP contribution in [0.3, 0.4) is 0 Å². The van der Waals surface area contributed by atoms with Crippen LogP contribution in [0, 0.1) is 0 Å². The summed E-state index contributed by atoms with van der Waals surface area (Å²) >= 11 is 0. The molecule has 0 aromatic heterocycles. The Labute approximate surface area is 108 Å². The first-order valence-corrected chi connectivity index (χ1v) is 6.14. The Hall–Kier alpha value is -1.55. The van der Waals surface area contributed by atoms with Crippen molar-refractivity contribution in [3.63, 3.8) is 0 Å². The molecule has 1 aromatic carbocycles. The number of nitrogens with two attached hydrogens (primary N) is 1. The van der Waals surface area contributed by atoms with Crippen molar-refractivity contribution in [2.75, 3.05) is 32.5 Å². The van der Waals surface area contributed by atoms with E-state index in [0.29, 0.717) is 30.9 Å². The van der Waals surface area contributed by atoms with Gasteiger partial charge in [0.2, 0.25) is 0 Å². The standard InChI is InChI=1S/C14H20N2O2/c1-14(2)9-16(7-8-18-3)13(17)12-10(14)5-4-6-11(12)15/h4-6H,7-9,15H2,1-3H3. The molecule has 1 aliphatic rings. The summed E-state index contributed by atoms with van der Waals surface area (Å²) in [5, 5.41) is 0. The quantitative estimate of drug-likeness (QED) is 0.827. The molecule has 0 spiro atoms. The van der Waals surface area contributed by atoms with Crippen molar-refractivity contribution < 1.29 is 9.53 Å². The summed E-state index contributed by atoms with van der Waals surface area (Å²) in [5.41, 5.74) is 8.15. The number of fused-ring (bicyclic) bond motifs is 1. The number of carbonyl (C=O) groups excluding carboxylic acids is 1. The van der Waals surface area contributed by atoms with Crippen LogP contribution in [0.25, 0.3) is 0 Å². The monoisotopic (exact) mass is 248 g/mol. The third kappa shape index (κ3) is 2.08. The molecule has 4 nitrogen and oxygen atoms in total. The molecule has 2 N–H and O–H groups in total. The number of amides is 1. The van der Waals surface area contributed by atoms with Crippen molar-refractivity contribution in [3.05, 3.63) is 29.3 Å². The molecule has 1 aromatic rings. The lowest BCUT2D eigenvalue weighted by Crippen LogP contribution is -2.48. The van der Waals surface area contributed by atoms with Gasteiger partial charge in [0.05, 0.1) is 12.2 Å². The highest BCUT2D eigenvalue weighted by Gasteiger charge is 2.37. The van der Waals surface area contributed by atoms with Crippen molar-refractivity contribution >= 4 is 11.6 Å². The van der Waals surface area contributed by atoms with Crippen LogP contribution < -0.4 is 5.73 Å². The minimum absolute atomic E-state index is 0.0134. The second kappa shape index (κ2) is 4.61. The van der Waals surface area contributed by atoms with E-state index in [2.05, 4.69) is 13.8 Å². The van der Waals surface area contributed by atoms with Crippen molar-refractivity contribution in [2.24, 2.45) is 0 Å². The number of carbonyl (C=O) groups is 1. The van der Waals surface area contributed by atoms with E-state index >= 15 is 0 Å². The Morgan fingerprint density at radius 3 is 2.83 bits per heavy atom. The molecule has 0 saturated carbocycles. The first kappa shape index (κ1) is 12.9. The van der Waals surface area contributed by atoms with E-state index in [1.807, 2.05) is 17.0 Å². The van der Waals surface area contributed by atoms with Gasteiger partial charge in [-0.1, -0.05) is 26.0 Å². The molecule has 1 aliphatic heterocycles. The van der Waals surface area contributed by atoms with Crippen LogP contribution >= 0.6 is 0 Å². The van der Waals surface area contributed by atoms with Gasteiger partial charge in [0.25, 0.3) is 5.91 Å². The predicted molar refractivity (Wildman–Crippen MR) is 71.7 cm³/mol. The van der Waals surface area contributed by atoms with Crippen LogP contribution in [0.4, 0.5) is 5.69 Å². The van der Waals surface area contributed by atoms with Gasteiger partial charge in [0, 0.05) is 31.3 Å². The van der Waals surface area contributed by atoms with E-state index in [-0.39, 0.29) is 11.3 Å². The van der Waals surface area contributed by atoms with Crippen LogP contribution in [0.5, 0.6) is 0 Å². The van der Waals surface area contributed by atoms with Gasteiger partial charge in [-0.15, -0.1) is 0 Å². The Balaban J connectivity index is 2.43. The number of benzene rings is 1. The fourth-order valence-electron chi connectivity index (χ4n) is 2.55. The number of hydrogen-bond acceptors (Lipinski definition) is 3. The molecule has 4 heteroatoms. The number of nitrogens with zero attached hydrogens (tertiary/aromatic N) is 1. The van der Waals surface area contributed by atoms with Crippen molar-refractivity contribution in [1.82, 2.24) is 4.90 Å². The van der Waals surface area contributed by atoms with Crippen LogP contribution in [0.1, 0.15) is 29.8 Å². The topological polar surface area (TPSA) is 55.6 Å². The second-order valence-corrected chi connectivity index (χ2v) is 5.37. The van der Waals surface area contributed by atoms with Crippen LogP contribution in [0.15, 0.2) is 18.2 Å². The highest BCUT2D eigenvalue weighted by atomic mass is 16.5. The van der Waals surface area contributed by atoms with E-state index < -0.39 is 0 Å². The fourth-order valence-corrected chi connectivity index (χ4v) is 2.55. The Morgan fingerprint density at radius 1 is 1.44 bits per heavy atom. The van der Waals surface area contributed by atoms with Gasteiger partial charge in [0.15, 0.2) is 0 Å². The van der Waals surface area contributed by atoms with Gasteiger partial charge in [-0.3, -0.25) is 4.79 Å².